The molecular formula is C12H20O3. The third-order valence-corrected chi connectivity index (χ3v) is 3.86. The number of rotatable bonds is 5. The number of epoxide rings is 1. The van der Waals surface area contributed by atoms with E-state index in [2.05, 4.69) is 0 Å². The van der Waals surface area contributed by atoms with E-state index >= 15 is 0 Å². The SMILES string of the molecule is CCOC(C=O)(CC)C1CCC2OC2C1. The van der Waals surface area contributed by atoms with E-state index in [4.69, 9.17) is 9.47 Å². The monoisotopic (exact) mass is 212 g/mol. The second kappa shape index (κ2) is 4.22. The summed E-state index contributed by atoms with van der Waals surface area (Å²) in [6.45, 7) is 4.59. The van der Waals surface area contributed by atoms with E-state index in [1.165, 1.54) is 0 Å². The van der Waals surface area contributed by atoms with Gasteiger partial charge in [-0.3, -0.25) is 0 Å². The molecule has 1 aliphatic carbocycles. The molecule has 0 bridgehead atoms. The smallest absolute Gasteiger partial charge is 0.152 e. The van der Waals surface area contributed by atoms with Gasteiger partial charge in [-0.2, -0.15) is 0 Å². The van der Waals surface area contributed by atoms with Crippen LogP contribution in [-0.4, -0.2) is 30.7 Å². The molecule has 3 nitrogen and oxygen atoms in total. The Morgan fingerprint density at radius 3 is 2.73 bits per heavy atom. The van der Waals surface area contributed by atoms with E-state index in [1.54, 1.807) is 0 Å². The van der Waals surface area contributed by atoms with Crippen LogP contribution in [0.1, 0.15) is 39.5 Å². The third-order valence-electron chi connectivity index (χ3n) is 3.86. The van der Waals surface area contributed by atoms with Crippen LogP contribution >= 0.6 is 0 Å². The molecule has 2 aliphatic rings. The zero-order chi connectivity index (χ0) is 10.9. The van der Waals surface area contributed by atoms with Crippen molar-refractivity contribution in [2.45, 2.75) is 57.3 Å². The molecule has 3 heteroatoms. The van der Waals surface area contributed by atoms with Crippen LogP contribution in [0, 0.1) is 5.92 Å². The van der Waals surface area contributed by atoms with Crippen LogP contribution in [-0.2, 0) is 14.3 Å². The number of fused-ring (bicyclic) bond motifs is 1. The molecule has 15 heavy (non-hydrogen) atoms. The summed E-state index contributed by atoms with van der Waals surface area (Å²) in [6.07, 6.45) is 5.85. The summed E-state index contributed by atoms with van der Waals surface area (Å²) in [7, 11) is 0. The number of aldehydes is 1. The molecule has 0 N–H and O–H groups in total. The highest BCUT2D eigenvalue weighted by molar-refractivity contribution is 5.63. The molecule has 86 valence electrons. The van der Waals surface area contributed by atoms with E-state index in [9.17, 15) is 4.79 Å². The lowest BCUT2D eigenvalue weighted by molar-refractivity contribution is -0.141. The first kappa shape index (κ1) is 11.1. The summed E-state index contributed by atoms with van der Waals surface area (Å²) in [6, 6.07) is 0. The van der Waals surface area contributed by atoms with Crippen molar-refractivity contribution in [3.8, 4) is 0 Å². The molecule has 0 aromatic heterocycles. The fraction of sp³-hybridized carbons (Fsp3) is 0.917. The van der Waals surface area contributed by atoms with Gasteiger partial charge in [-0.05, 0) is 38.5 Å². The lowest BCUT2D eigenvalue weighted by Crippen LogP contribution is -2.44. The van der Waals surface area contributed by atoms with Crippen molar-refractivity contribution in [2.75, 3.05) is 6.61 Å². The summed E-state index contributed by atoms with van der Waals surface area (Å²) >= 11 is 0. The van der Waals surface area contributed by atoms with Crippen LogP contribution in [0.2, 0.25) is 0 Å². The van der Waals surface area contributed by atoms with Crippen LogP contribution in [0.4, 0.5) is 0 Å². The van der Waals surface area contributed by atoms with Crippen LogP contribution in [0.3, 0.4) is 0 Å². The molecule has 1 saturated carbocycles. The van der Waals surface area contributed by atoms with Crippen LogP contribution in [0.15, 0.2) is 0 Å². The lowest BCUT2D eigenvalue weighted by atomic mass is 9.76. The lowest BCUT2D eigenvalue weighted by Gasteiger charge is -2.36. The minimum atomic E-state index is -0.550. The number of carbonyl (C=O) groups excluding carboxylic acids is 1. The van der Waals surface area contributed by atoms with Crippen molar-refractivity contribution in [2.24, 2.45) is 5.92 Å². The van der Waals surface area contributed by atoms with Gasteiger partial charge in [-0.1, -0.05) is 6.92 Å². The van der Waals surface area contributed by atoms with E-state index in [0.717, 1.165) is 32.0 Å². The zero-order valence-electron chi connectivity index (χ0n) is 9.57. The minimum Gasteiger partial charge on any atom is -0.370 e. The molecule has 2 rings (SSSR count). The first-order valence-electron chi connectivity index (χ1n) is 6.01. The van der Waals surface area contributed by atoms with Gasteiger partial charge in [0.1, 0.15) is 5.60 Å². The van der Waals surface area contributed by atoms with E-state index in [0.29, 0.717) is 24.7 Å². The topological polar surface area (TPSA) is 38.8 Å². The Morgan fingerprint density at radius 1 is 1.40 bits per heavy atom. The second-order valence-corrected chi connectivity index (χ2v) is 4.58. The molecule has 0 aromatic carbocycles. The highest BCUT2D eigenvalue weighted by Gasteiger charge is 2.50. The maximum Gasteiger partial charge on any atom is 0.152 e. The average Bonchev–Trinajstić information content (AvgIpc) is 3.04. The van der Waals surface area contributed by atoms with E-state index in [1.807, 2.05) is 13.8 Å². The van der Waals surface area contributed by atoms with Crippen LogP contribution in [0.25, 0.3) is 0 Å². The molecule has 0 radical (unpaired) electrons. The van der Waals surface area contributed by atoms with Crippen molar-refractivity contribution in [1.29, 1.82) is 0 Å². The van der Waals surface area contributed by atoms with Gasteiger partial charge in [-0.15, -0.1) is 0 Å². The Labute approximate surface area is 91.1 Å². The van der Waals surface area contributed by atoms with E-state index < -0.39 is 5.60 Å². The minimum absolute atomic E-state index is 0.351. The van der Waals surface area contributed by atoms with Gasteiger partial charge in [0.05, 0.1) is 12.2 Å². The Morgan fingerprint density at radius 2 is 2.20 bits per heavy atom. The summed E-state index contributed by atoms with van der Waals surface area (Å²) in [5.74, 6) is 0.351. The molecule has 1 heterocycles. The summed E-state index contributed by atoms with van der Waals surface area (Å²) in [4.78, 5) is 11.3. The zero-order valence-corrected chi connectivity index (χ0v) is 9.57. The average molecular weight is 212 g/mol. The molecule has 0 amide bonds. The maximum atomic E-state index is 11.3. The summed E-state index contributed by atoms with van der Waals surface area (Å²) < 4.78 is 11.2. The molecule has 1 aliphatic heterocycles. The van der Waals surface area contributed by atoms with Crippen molar-refractivity contribution in [1.82, 2.24) is 0 Å². The van der Waals surface area contributed by atoms with Gasteiger partial charge in [0.2, 0.25) is 0 Å². The predicted octanol–water partition coefficient (Wildman–Crippen LogP) is 1.94. The quantitative estimate of drug-likeness (QED) is 0.516. The van der Waals surface area contributed by atoms with Gasteiger partial charge in [-0.25, -0.2) is 0 Å². The van der Waals surface area contributed by atoms with Crippen LogP contribution in [0.5, 0.6) is 0 Å². The molecule has 0 spiro atoms. The van der Waals surface area contributed by atoms with Gasteiger partial charge in [0.15, 0.2) is 6.29 Å². The van der Waals surface area contributed by atoms with Crippen molar-refractivity contribution in [3.63, 3.8) is 0 Å². The Balaban J connectivity index is 2.05. The second-order valence-electron chi connectivity index (χ2n) is 4.58. The number of hydrogen-bond donors (Lipinski definition) is 0. The summed E-state index contributed by atoms with van der Waals surface area (Å²) in [5, 5.41) is 0. The fourth-order valence-corrected chi connectivity index (χ4v) is 2.84. The summed E-state index contributed by atoms with van der Waals surface area (Å²) in [5.41, 5.74) is -0.550. The Bertz CT molecular complexity index is 241. The Hall–Kier alpha value is -0.410. The normalized spacial score (nSPS) is 37.9. The number of ether oxygens (including phenoxy) is 2. The van der Waals surface area contributed by atoms with Crippen molar-refractivity contribution >= 4 is 6.29 Å². The molecule has 2 fully saturated rings. The van der Waals surface area contributed by atoms with Crippen molar-refractivity contribution in [3.05, 3.63) is 0 Å². The van der Waals surface area contributed by atoms with E-state index in [-0.39, 0.29) is 0 Å². The molecular weight excluding hydrogens is 192 g/mol. The van der Waals surface area contributed by atoms with Gasteiger partial charge in [0, 0.05) is 6.61 Å². The molecule has 4 atom stereocenters. The maximum absolute atomic E-state index is 11.3. The highest BCUT2D eigenvalue weighted by atomic mass is 16.6. The number of hydrogen-bond acceptors (Lipinski definition) is 3. The molecule has 0 aromatic rings. The van der Waals surface area contributed by atoms with Crippen LogP contribution < -0.4 is 0 Å². The van der Waals surface area contributed by atoms with Crippen molar-refractivity contribution < 1.29 is 14.3 Å². The first-order valence-corrected chi connectivity index (χ1v) is 6.01. The molecule has 4 unspecified atom stereocenters. The highest BCUT2D eigenvalue weighted by Crippen LogP contribution is 2.44. The fourth-order valence-electron chi connectivity index (χ4n) is 2.84. The Kier molecular flexibility index (Phi) is 3.12. The largest absolute Gasteiger partial charge is 0.370 e. The predicted molar refractivity (Wildman–Crippen MR) is 56.7 cm³/mol. The molecule has 1 saturated heterocycles. The number of carbonyl (C=O) groups is 1. The van der Waals surface area contributed by atoms with Gasteiger partial charge >= 0.3 is 0 Å². The van der Waals surface area contributed by atoms with Gasteiger partial charge in [0.25, 0.3) is 0 Å². The third kappa shape index (κ3) is 1.95. The van der Waals surface area contributed by atoms with Gasteiger partial charge < -0.3 is 14.3 Å². The first-order chi connectivity index (χ1) is 7.25. The standard InChI is InChI=1S/C12H20O3/c1-3-12(8-13,14-4-2)9-5-6-10-11(7-9)15-10/h8-11H,3-7H2,1-2H3.